The van der Waals surface area contributed by atoms with E-state index in [2.05, 4.69) is 17.2 Å². The van der Waals surface area contributed by atoms with Gasteiger partial charge in [-0.05, 0) is 57.4 Å². The van der Waals surface area contributed by atoms with Gasteiger partial charge in [-0.15, -0.1) is 5.10 Å². The van der Waals surface area contributed by atoms with Gasteiger partial charge in [0.2, 0.25) is 0 Å². The molecule has 33 heavy (non-hydrogen) atoms. The molecule has 0 atom stereocenters. The first-order valence-corrected chi connectivity index (χ1v) is 11.6. The van der Waals surface area contributed by atoms with Crippen LogP contribution >= 0.6 is 0 Å². The second kappa shape index (κ2) is 9.98. The van der Waals surface area contributed by atoms with Gasteiger partial charge in [-0.1, -0.05) is 48.0 Å². The molecule has 0 radical (unpaired) electrons. The molecule has 1 aromatic heterocycles. The Balaban J connectivity index is 1.47. The summed E-state index contributed by atoms with van der Waals surface area (Å²) in [5, 5.41) is 8.51. The zero-order valence-corrected chi connectivity index (χ0v) is 19.6. The lowest BCUT2D eigenvalue weighted by Gasteiger charge is -2.38. The predicted octanol–water partition coefficient (Wildman–Crippen LogP) is 4.04. The van der Waals surface area contributed by atoms with Gasteiger partial charge in [0.15, 0.2) is 5.69 Å². The molecule has 0 unspecified atom stereocenters. The van der Waals surface area contributed by atoms with E-state index in [1.165, 1.54) is 5.56 Å². The van der Waals surface area contributed by atoms with E-state index in [4.69, 9.17) is 0 Å². The van der Waals surface area contributed by atoms with Crippen molar-refractivity contribution < 1.29 is 9.59 Å². The fraction of sp³-hybridized carbons (Fsp3) is 0.385. The minimum absolute atomic E-state index is 0.0549. The highest BCUT2D eigenvalue weighted by molar-refractivity contribution is 5.95. The molecule has 1 fully saturated rings. The van der Waals surface area contributed by atoms with Crippen molar-refractivity contribution in [2.45, 2.75) is 46.1 Å². The molecule has 2 aromatic carbocycles. The highest BCUT2D eigenvalue weighted by Crippen LogP contribution is 2.22. The number of hydrogen-bond donors (Lipinski definition) is 0. The Kier molecular flexibility index (Phi) is 6.87. The molecule has 1 aliphatic heterocycles. The van der Waals surface area contributed by atoms with Crippen molar-refractivity contribution in [3.8, 4) is 5.69 Å². The number of aromatic nitrogens is 3. The van der Waals surface area contributed by atoms with Gasteiger partial charge in [-0.3, -0.25) is 9.59 Å². The summed E-state index contributed by atoms with van der Waals surface area (Å²) in [5.41, 5.74) is 3.90. The zero-order valence-electron chi connectivity index (χ0n) is 19.6. The lowest BCUT2D eigenvalue weighted by atomic mass is 10.0. The van der Waals surface area contributed by atoms with Crippen molar-refractivity contribution in [3.05, 3.63) is 77.1 Å². The maximum absolute atomic E-state index is 13.5. The highest BCUT2D eigenvalue weighted by atomic mass is 16.2. The smallest absolute Gasteiger partial charge is 0.276 e. The maximum Gasteiger partial charge on any atom is 0.276 e. The number of benzene rings is 2. The largest absolute Gasteiger partial charge is 0.338 e. The van der Waals surface area contributed by atoms with Crippen molar-refractivity contribution in [1.82, 2.24) is 24.8 Å². The van der Waals surface area contributed by atoms with Gasteiger partial charge in [-0.2, -0.15) is 0 Å². The second-order valence-electron chi connectivity index (χ2n) is 8.66. The monoisotopic (exact) mass is 445 g/mol. The molecule has 1 aliphatic rings. The lowest BCUT2D eigenvalue weighted by Crippen LogP contribution is -2.49. The third kappa shape index (κ3) is 4.82. The van der Waals surface area contributed by atoms with Gasteiger partial charge in [0.1, 0.15) is 0 Å². The van der Waals surface area contributed by atoms with Gasteiger partial charge in [0, 0.05) is 31.2 Å². The first-order valence-electron chi connectivity index (χ1n) is 11.6. The van der Waals surface area contributed by atoms with Crippen molar-refractivity contribution in [3.63, 3.8) is 0 Å². The number of rotatable bonds is 6. The Morgan fingerprint density at radius 2 is 1.67 bits per heavy atom. The first kappa shape index (κ1) is 22.7. The number of nitrogens with zero attached hydrogens (tertiary/aromatic N) is 5. The van der Waals surface area contributed by atoms with Crippen LogP contribution in [0.2, 0.25) is 0 Å². The quantitative estimate of drug-likeness (QED) is 0.574. The highest BCUT2D eigenvalue weighted by Gasteiger charge is 2.32. The van der Waals surface area contributed by atoms with E-state index in [0.29, 0.717) is 30.9 Å². The fourth-order valence-corrected chi connectivity index (χ4v) is 4.43. The predicted molar refractivity (Wildman–Crippen MR) is 128 cm³/mol. The molecular formula is C26H31N5O2. The van der Waals surface area contributed by atoms with E-state index in [0.717, 1.165) is 30.6 Å². The van der Waals surface area contributed by atoms with E-state index < -0.39 is 0 Å². The molecule has 4 rings (SSSR count). The second-order valence-corrected chi connectivity index (χ2v) is 8.66. The van der Waals surface area contributed by atoms with Crippen LogP contribution in [0.4, 0.5) is 0 Å². The van der Waals surface area contributed by atoms with Crippen LogP contribution in [0.15, 0.2) is 54.6 Å². The van der Waals surface area contributed by atoms with Crippen molar-refractivity contribution in [2.24, 2.45) is 0 Å². The van der Waals surface area contributed by atoms with Crippen LogP contribution in [0.5, 0.6) is 0 Å². The molecule has 0 bridgehead atoms. The van der Waals surface area contributed by atoms with Crippen LogP contribution < -0.4 is 0 Å². The summed E-state index contributed by atoms with van der Waals surface area (Å²) in [6.07, 6.45) is 2.38. The van der Waals surface area contributed by atoms with Crippen molar-refractivity contribution in [1.29, 1.82) is 0 Å². The molecule has 1 saturated heterocycles. The number of carbonyl (C=O) groups excluding carboxylic acids is 2. The topological polar surface area (TPSA) is 71.3 Å². The Hall–Kier alpha value is -3.48. The molecule has 3 aromatic rings. The van der Waals surface area contributed by atoms with Gasteiger partial charge >= 0.3 is 0 Å². The Labute approximate surface area is 195 Å². The van der Waals surface area contributed by atoms with Crippen LogP contribution in [0.3, 0.4) is 0 Å². The summed E-state index contributed by atoms with van der Waals surface area (Å²) in [5.74, 6) is -0.0279. The summed E-state index contributed by atoms with van der Waals surface area (Å²) in [7, 11) is 0. The van der Waals surface area contributed by atoms with Crippen LogP contribution in [0.25, 0.3) is 5.69 Å². The summed E-state index contributed by atoms with van der Waals surface area (Å²) in [6.45, 7) is 7.94. The number of hydrogen-bond acceptors (Lipinski definition) is 4. The molecular weight excluding hydrogens is 414 g/mol. The standard InChI is InChI=1S/C26H31N5O2/c1-4-16-30(22-14-17-29(18-15-22)25(32)21-8-6-5-7-9-21)26(33)24-20(3)31(28-27-24)23-12-10-19(2)11-13-23/h5-13,22H,4,14-18H2,1-3H3. The van der Waals surface area contributed by atoms with E-state index in [-0.39, 0.29) is 17.9 Å². The van der Waals surface area contributed by atoms with Crippen molar-refractivity contribution >= 4 is 11.8 Å². The molecule has 0 saturated carbocycles. The average Bonchev–Trinajstić information content (AvgIpc) is 3.24. The summed E-state index contributed by atoms with van der Waals surface area (Å²) >= 11 is 0. The van der Waals surface area contributed by atoms with Gasteiger partial charge in [0.05, 0.1) is 11.4 Å². The third-order valence-corrected chi connectivity index (χ3v) is 6.31. The number of amides is 2. The number of aryl methyl sites for hydroxylation is 1. The van der Waals surface area contributed by atoms with Crippen LogP contribution in [0, 0.1) is 13.8 Å². The van der Waals surface area contributed by atoms with E-state index in [9.17, 15) is 9.59 Å². The Bertz CT molecular complexity index is 1100. The van der Waals surface area contributed by atoms with E-state index in [1.54, 1.807) is 4.68 Å². The molecule has 172 valence electrons. The maximum atomic E-state index is 13.5. The summed E-state index contributed by atoms with van der Waals surface area (Å²) < 4.78 is 1.72. The molecule has 2 heterocycles. The summed E-state index contributed by atoms with van der Waals surface area (Å²) in [6, 6.07) is 17.5. The fourth-order valence-electron chi connectivity index (χ4n) is 4.43. The van der Waals surface area contributed by atoms with Crippen molar-refractivity contribution in [2.75, 3.05) is 19.6 Å². The number of likely N-dealkylation sites (tertiary alicyclic amines) is 1. The van der Waals surface area contributed by atoms with E-state index >= 15 is 0 Å². The number of carbonyl (C=O) groups is 2. The molecule has 0 N–H and O–H groups in total. The minimum Gasteiger partial charge on any atom is -0.338 e. The van der Waals surface area contributed by atoms with Crippen LogP contribution in [-0.4, -0.2) is 62.3 Å². The van der Waals surface area contributed by atoms with Gasteiger partial charge in [0.25, 0.3) is 11.8 Å². The number of piperidine rings is 1. The molecule has 7 heteroatoms. The SMILES string of the molecule is CCCN(C(=O)c1nnn(-c2ccc(C)cc2)c1C)C1CCN(C(=O)c2ccccc2)CC1. The third-order valence-electron chi connectivity index (χ3n) is 6.31. The lowest BCUT2D eigenvalue weighted by molar-refractivity contribution is 0.0515. The average molecular weight is 446 g/mol. The van der Waals surface area contributed by atoms with Crippen LogP contribution in [0.1, 0.15) is 58.3 Å². The molecule has 2 amide bonds. The first-order chi connectivity index (χ1) is 16.0. The molecule has 0 aliphatic carbocycles. The minimum atomic E-state index is -0.0828. The van der Waals surface area contributed by atoms with E-state index in [1.807, 2.05) is 78.2 Å². The molecule has 7 nitrogen and oxygen atoms in total. The van der Waals surface area contributed by atoms with Crippen LogP contribution in [-0.2, 0) is 0 Å². The van der Waals surface area contributed by atoms with Gasteiger partial charge < -0.3 is 9.80 Å². The Morgan fingerprint density at radius 1 is 1.00 bits per heavy atom. The summed E-state index contributed by atoms with van der Waals surface area (Å²) in [4.78, 5) is 30.1. The molecule has 0 spiro atoms. The van der Waals surface area contributed by atoms with Gasteiger partial charge in [-0.25, -0.2) is 4.68 Å². The normalized spacial score (nSPS) is 14.3. The Morgan fingerprint density at radius 3 is 2.30 bits per heavy atom. The zero-order chi connectivity index (χ0) is 23.4.